The molecule has 0 spiro atoms. The Morgan fingerprint density at radius 1 is 0.980 bits per heavy atom. The number of aliphatic hydroxyl groups excluding tert-OH is 3. The zero-order valence-corrected chi connectivity index (χ0v) is 30.1. The minimum absolute atomic E-state index is 0.0530. The van der Waals surface area contributed by atoms with E-state index in [1.807, 2.05) is 4.72 Å². The van der Waals surface area contributed by atoms with Gasteiger partial charge in [0.25, 0.3) is 0 Å². The molecule has 0 saturated carbocycles. The molecular weight excluding hydrogens is 728 g/mol. The van der Waals surface area contributed by atoms with Crippen LogP contribution in [0.4, 0.5) is 0 Å². The standard InChI is InChI=1S/C28H50N4O17S2/c1-5-18-25(37)24(36)16(26(49-18)17(33)11-30-31-22(35)10-8-7-9-21(34)29-6-2)12-46-13-19-23(32-50(39,40)41)27(38)28(3,15-45-4)20(48-19)14-47-51(42,43)44/h6,16,18-20,23-27,30,32,36-38H,2,5,7-15H2,1,3-4H3,(H,29,34)(H,31,35)(H,39,40,41)(H,42,43,44)/p-1. The Morgan fingerprint density at radius 3 is 2.20 bits per heavy atom. The highest BCUT2D eigenvalue weighted by Gasteiger charge is 2.54. The van der Waals surface area contributed by atoms with Crippen LogP contribution in [0.1, 0.15) is 46.0 Å². The maximum atomic E-state index is 13.2. The van der Waals surface area contributed by atoms with Gasteiger partial charge in [-0.15, -0.1) is 0 Å². The number of hydrazine groups is 1. The molecule has 21 nitrogen and oxygen atoms in total. The van der Waals surface area contributed by atoms with Gasteiger partial charge in [-0.1, -0.05) is 20.4 Å². The molecule has 8 N–H and O–H groups in total. The van der Waals surface area contributed by atoms with Crippen LogP contribution in [0.15, 0.2) is 12.8 Å². The number of rotatable bonds is 22. The van der Waals surface area contributed by atoms with Crippen molar-refractivity contribution in [1.82, 2.24) is 20.9 Å². The van der Waals surface area contributed by atoms with Gasteiger partial charge in [-0.3, -0.25) is 28.5 Å². The summed E-state index contributed by atoms with van der Waals surface area (Å²) in [5.74, 6) is -2.57. The van der Waals surface area contributed by atoms with E-state index in [1.54, 1.807) is 6.92 Å². The van der Waals surface area contributed by atoms with Crippen molar-refractivity contribution in [3.8, 4) is 0 Å². The van der Waals surface area contributed by atoms with Gasteiger partial charge in [0.1, 0.15) is 18.3 Å². The molecule has 51 heavy (non-hydrogen) atoms. The molecule has 296 valence electrons. The molecular formula is C28H49N4O17S2-. The van der Waals surface area contributed by atoms with Gasteiger partial charge in [-0.2, -0.15) is 13.1 Å². The van der Waals surface area contributed by atoms with E-state index in [9.17, 15) is 55.6 Å². The molecule has 0 aromatic rings. The monoisotopic (exact) mass is 777 g/mol. The van der Waals surface area contributed by atoms with E-state index in [0.29, 0.717) is 12.8 Å². The number of carbonyl (C=O) groups excluding carboxylic acids is 3. The summed E-state index contributed by atoms with van der Waals surface area (Å²) in [5.41, 5.74) is 3.24. The quantitative estimate of drug-likeness (QED) is 0.0229. The Hall–Kier alpha value is -2.23. The van der Waals surface area contributed by atoms with E-state index in [-0.39, 0.29) is 31.8 Å². The van der Waals surface area contributed by atoms with Crippen LogP contribution in [-0.4, -0.2) is 148 Å². The topological polar surface area (TPSA) is 318 Å². The number of hydrogen-bond donors (Lipinski definition) is 8. The second kappa shape index (κ2) is 20.3. The fourth-order valence-electron chi connectivity index (χ4n) is 5.91. The SMILES string of the molecule is C=CNC(=O)CCCCC(=O)NNCC(=O)C1OC(CC)C(O)C(O)C1COCC1OC(COS(=O)(=O)[O-])C(C)(COC)C(O)C1NS(=O)(=O)O. The summed E-state index contributed by atoms with van der Waals surface area (Å²) in [7, 11) is -8.98. The van der Waals surface area contributed by atoms with Gasteiger partial charge in [-0.05, 0) is 25.5 Å². The Kier molecular flexibility index (Phi) is 17.9. The number of Topliss-reactive ketones (excluding diaryl/α,β-unsaturated/α-hetero) is 1. The lowest BCUT2D eigenvalue weighted by Gasteiger charge is -2.50. The first-order valence-electron chi connectivity index (χ1n) is 16.0. The normalized spacial score (nSPS) is 31.5. The van der Waals surface area contributed by atoms with Gasteiger partial charge in [0.15, 0.2) is 5.78 Å². The predicted molar refractivity (Wildman–Crippen MR) is 172 cm³/mol. The Morgan fingerprint density at radius 2 is 1.63 bits per heavy atom. The first-order chi connectivity index (χ1) is 23.8. The lowest BCUT2D eigenvalue weighted by Crippen LogP contribution is -2.68. The van der Waals surface area contributed by atoms with E-state index in [1.165, 1.54) is 20.2 Å². The number of hydrogen-bond acceptors (Lipinski definition) is 17. The molecule has 0 radical (unpaired) electrons. The van der Waals surface area contributed by atoms with Crippen LogP contribution in [-0.2, 0) is 58.2 Å². The highest BCUT2D eigenvalue weighted by Crippen LogP contribution is 2.38. The smallest absolute Gasteiger partial charge is 0.333 e. The van der Waals surface area contributed by atoms with Gasteiger partial charge in [0, 0.05) is 31.3 Å². The highest BCUT2D eigenvalue weighted by molar-refractivity contribution is 7.83. The number of unbranched alkanes of at least 4 members (excludes halogenated alkanes) is 1. The summed E-state index contributed by atoms with van der Waals surface area (Å²) in [4.78, 5) is 36.9. The summed E-state index contributed by atoms with van der Waals surface area (Å²) in [6.07, 6.45) is -7.46. The third kappa shape index (κ3) is 13.9. The molecule has 23 heteroatoms. The van der Waals surface area contributed by atoms with Crippen molar-refractivity contribution >= 4 is 38.3 Å². The molecule has 10 atom stereocenters. The Labute approximate surface area is 296 Å². The van der Waals surface area contributed by atoms with Crippen LogP contribution in [0.2, 0.25) is 0 Å². The second-order valence-electron chi connectivity index (χ2n) is 12.4. The predicted octanol–water partition coefficient (Wildman–Crippen LogP) is -3.45. The molecule has 2 aliphatic heterocycles. The average molecular weight is 778 g/mol. The summed E-state index contributed by atoms with van der Waals surface area (Å²) in [6.45, 7) is 3.51. The first-order valence-corrected chi connectivity index (χ1v) is 18.8. The van der Waals surface area contributed by atoms with E-state index in [0.717, 1.165) is 0 Å². The summed E-state index contributed by atoms with van der Waals surface area (Å²) < 4.78 is 95.3. The molecule has 0 aromatic heterocycles. The van der Waals surface area contributed by atoms with Crippen LogP contribution in [0.3, 0.4) is 0 Å². The van der Waals surface area contributed by atoms with Crippen molar-refractivity contribution in [3.05, 3.63) is 12.8 Å². The second-order valence-corrected chi connectivity index (χ2v) is 14.6. The first kappa shape index (κ1) is 44.9. The highest BCUT2D eigenvalue weighted by atomic mass is 32.3. The van der Waals surface area contributed by atoms with E-state index >= 15 is 0 Å². The van der Waals surface area contributed by atoms with E-state index in [4.69, 9.17) is 18.9 Å². The Balaban J connectivity index is 2.15. The molecule has 0 aliphatic carbocycles. The third-order valence-corrected chi connectivity index (χ3v) is 9.59. The van der Waals surface area contributed by atoms with Crippen molar-refractivity contribution < 1.29 is 78.8 Å². The minimum Gasteiger partial charge on any atom is -0.726 e. The zero-order chi connectivity index (χ0) is 38.6. The number of ketones is 1. The zero-order valence-electron chi connectivity index (χ0n) is 28.5. The fraction of sp³-hybridized carbons (Fsp3) is 0.821. The number of methoxy groups -OCH3 is 1. The molecule has 0 aromatic carbocycles. The maximum Gasteiger partial charge on any atom is 0.333 e. The number of aliphatic hydroxyl groups is 3. The van der Waals surface area contributed by atoms with Gasteiger partial charge in [-0.25, -0.2) is 13.8 Å². The van der Waals surface area contributed by atoms with Gasteiger partial charge in [0.05, 0.1) is 63.4 Å². The molecule has 2 amide bonds. The number of nitrogens with one attached hydrogen (secondary N) is 4. The molecule has 2 heterocycles. The van der Waals surface area contributed by atoms with Crippen molar-refractivity contribution in [3.63, 3.8) is 0 Å². The molecule has 0 bridgehead atoms. The van der Waals surface area contributed by atoms with Crippen molar-refractivity contribution in [2.75, 3.05) is 40.1 Å². The maximum absolute atomic E-state index is 13.2. The van der Waals surface area contributed by atoms with E-state index < -0.39 is 119 Å². The third-order valence-electron chi connectivity index (χ3n) is 8.60. The van der Waals surface area contributed by atoms with E-state index in [2.05, 4.69) is 26.9 Å². The average Bonchev–Trinajstić information content (AvgIpc) is 3.03. The largest absolute Gasteiger partial charge is 0.726 e. The fourth-order valence-corrected chi connectivity index (χ4v) is 6.82. The molecule has 10 unspecified atom stereocenters. The number of amides is 2. The van der Waals surface area contributed by atoms with Crippen molar-refractivity contribution in [2.24, 2.45) is 11.3 Å². The van der Waals surface area contributed by atoms with Crippen molar-refractivity contribution in [2.45, 2.75) is 94.7 Å². The summed E-state index contributed by atoms with van der Waals surface area (Å²) in [6, 6.07) is -1.64. The summed E-state index contributed by atoms with van der Waals surface area (Å²) >= 11 is 0. The lowest BCUT2D eigenvalue weighted by atomic mass is 9.73. The molecule has 2 rings (SSSR count). The van der Waals surface area contributed by atoms with Gasteiger partial charge >= 0.3 is 10.3 Å². The Bertz CT molecular complexity index is 1380. The number of carbonyl (C=O) groups is 3. The summed E-state index contributed by atoms with van der Waals surface area (Å²) in [5, 5.41) is 35.3. The minimum atomic E-state index is -5.23. The van der Waals surface area contributed by atoms with Crippen LogP contribution < -0.4 is 20.9 Å². The molecule has 2 aliphatic rings. The molecule has 2 fully saturated rings. The lowest BCUT2D eigenvalue weighted by molar-refractivity contribution is -0.233. The van der Waals surface area contributed by atoms with Gasteiger partial charge < -0.3 is 44.1 Å². The number of ether oxygens (including phenoxy) is 4. The van der Waals surface area contributed by atoms with Crippen LogP contribution >= 0.6 is 0 Å². The van der Waals surface area contributed by atoms with Crippen LogP contribution in [0, 0.1) is 11.3 Å². The molecule has 2 saturated heterocycles. The van der Waals surface area contributed by atoms with Gasteiger partial charge in [0.2, 0.25) is 22.2 Å². The van der Waals surface area contributed by atoms with Crippen LogP contribution in [0.25, 0.3) is 0 Å². The van der Waals surface area contributed by atoms with Crippen molar-refractivity contribution in [1.29, 1.82) is 0 Å². The van der Waals surface area contributed by atoms with Crippen LogP contribution in [0.5, 0.6) is 0 Å².